The van der Waals surface area contributed by atoms with E-state index in [4.69, 9.17) is 0 Å². The van der Waals surface area contributed by atoms with Crippen molar-refractivity contribution >= 4 is 17.4 Å². The van der Waals surface area contributed by atoms with Crippen molar-refractivity contribution in [3.05, 3.63) is 66.2 Å². The van der Waals surface area contributed by atoms with Crippen molar-refractivity contribution in [3.63, 3.8) is 0 Å². The summed E-state index contributed by atoms with van der Waals surface area (Å²) in [6.07, 6.45) is 0. The topological polar surface area (TPSA) is 58.2 Å². The highest BCUT2D eigenvalue weighted by Gasteiger charge is 1.97. The van der Waals surface area contributed by atoms with Gasteiger partial charge < -0.3 is 15.4 Å². The Balaban J connectivity index is -0.000000297. The number of para-hydroxylation sites is 1. The molecule has 0 bridgehead atoms. The van der Waals surface area contributed by atoms with Crippen molar-refractivity contribution in [3.8, 4) is 0 Å². The first-order chi connectivity index (χ1) is 12.5. The number of anilines is 1. The van der Waals surface area contributed by atoms with E-state index in [1.54, 1.807) is 19.2 Å². The average molecular weight is 361 g/mol. The number of ketones is 1. The van der Waals surface area contributed by atoms with Crippen LogP contribution < -0.4 is 10.6 Å². The van der Waals surface area contributed by atoms with Gasteiger partial charge in [0.2, 0.25) is 0 Å². The first-order valence-corrected chi connectivity index (χ1v) is 8.98. The van der Waals surface area contributed by atoms with Gasteiger partial charge in [-0.3, -0.25) is 4.79 Å². The Bertz CT molecular complexity index is 537. The van der Waals surface area contributed by atoms with Crippen LogP contribution in [0.15, 0.2) is 60.7 Å². The number of amides is 1. The number of Topliss-reactive ketones (excluding diaryl/α,β-unsaturated/α-hetero) is 1. The first kappa shape index (κ1) is 28.2. The molecule has 2 rings (SSSR count). The van der Waals surface area contributed by atoms with Crippen LogP contribution in [0.2, 0.25) is 0 Å². The molecule has 0 unspecified atom stereocenters. The summed E-state index contributed by atoms with van der Waals surface area (Å²) in [5, 5.41) is 5.57. The summed E-state index contributed by atoms with van der Waals surface area (Å²) < 4.78 is 0. The molecule has 0 fully saturated rings. The summed E-state index contributed by atoms with van der Waals surface area (Å²) in [4.78, 5) is 20.3. The number of benzene rings is 2. The quantitative estimate of drug-likeness (QED) is 0.751. The lowest BCUT2D eigenvalue weighted by Gasteiger charge is -1.96. The minimum absolute atomic E-state index is 0.0411. The highest BCUT2D eigenvalue weighted by Crippen LogP contribution is 2.01. The number of hydrogen-bond donors (Lipinski definition) is 2. The monoisotopic (exact) mass is 360 g/mol. The number of carbonyl (C=O) groups excluding carboxylic acids is 2. The van der Waals surface area contributed by atoms with Crippen LogP contribution in [0.25, 0.3) is 0 Å². The second kappa shape index (κ2) is 22.4. The third kappa shape index (κ3) is 19.4. The lowest BCUT2D eigenvalue weighted by atomic mass is 10.2. The third-order valence-corrected chi connectivity index (χ3v) is 2.33. The summed E-state index contributed by atoms with van der Waals surface area (Å²) >= 11 is 0. The van der Waals surface area contributed by atoms with Gasteiger partial charge in [0.15, 0.2) is 0 Å². The van der Waals surface area contributed by atoms with Gasteiger partial charge in [-0.1, -0.05) is 64.1 Å². The smallest absolute Gasteiger partial charge is 0.251 e. The van der Waals surface area contributed by atoms with E-state index in [2.05, 4.69) is 10.6 Å². The van der Waals surface area contributed by atoms with Crippen LogP contribution in [-0.2, 0) is 4.79 Å². The maximum atomic E-state index is 10.9. The van der Waals surface area contributed by atoms with Crippen LogP contribution in [0.3, 0.4) is 0 Å². The Morgan fingerprint density at radius 2 is 1.04 bits per heavy atom. The third-order valence-electron chi connectivity index (χ3n) is 2.33. The summed E-state index contributed by atoms with van der Waals surface area (Å²) in [5.41, 5.74) is 1.86. The van der Waals surface area contributed by atoms with Crippen LogP contribution in [0.4, 0.5) is 5.69 Å². The van der Waals surface area contributed by atoms with Crippen molar-refractivity contribution in [2.24, 2.45) is 0 Å². The zero-order chi connectivity index (χ0) is 20.8. The van der Waals surface area contributed by atoms with Crippen LogP contribution >= 0.6 is 0 Å². The van der Waals surface area contributed by atoms with Gasteiger partial charge in [0.05, 0.1) is 0 Å². The van der Waals surface area contributed by atoms with E-state index in [1.807, 2.05) is 83.3 Å². The molecule has 2 aromatic rings. The van der Waals surface area contributed by atoms with Gasteiger partial charge in [-0.2, -0.15) is 0 Å². The Morgan fingerprint density at radius 3 is 1.31 bits per heavy atom. The Hall–Kier alpha value is -2.62. The van der Waals surface area contributed by atoms with E-state index in [9.17, 15) is 9.59 Å². The summed E-state index contributed by atoms with van der Waals surface area (Å²) in [5.74, 6) is 0.126. The predicted molar refractivity (Wildman–Crippen MR) is 115 cm³/mol. The molecule has 0 aliphatic heterocycles. The van der Waals surface area contributed by atoms with Gasteiger partial charge >= 0.3 is 0 Å². The molecule has 2 N–H and O–H groups in total. The van der Waals surface area contributed by atoms with Gasteiger partial charge in [-0.15, -0.1) is 0 Å². The molecule has 2 aromatic carbocycles. The minimum Gasteiger partial charge on any atom is -0.388 e. The first-order valence-electron chi connectivity index (χ1n) is 8.98. The second-order valence-corrected chi connectivity index (χ2v) is 4.47. The Kier molecular flexibility index (Phi) is 24.3. The number of carbonyl (C=O) groups is 2. The molecule has 4 heteroatoms. The number of hydrogen-bond acceptors (Lipinski definition) is 3. The molecule has 0 atom stereocenters. The zero-order valence-electron chi connectivity index (χ0n) is 17.6. The number of nitrogens with one attached hydrogen (secondary N) is 2. The van der Waals surface area contributed by atoms with Crippen LogP contribution in [-0.4, -0.2) is 25.8 Å². The summed E-state index contributed by atoms with van der Waals surface area (Å²) in [6, 6.07) is 19.2. The van der Waals surface area contributed by atoms with Crippen LogP contribution in [0.1, 0.15) is 51.9 Å². The fraction of sp³-hybridized carbons (Fsp3) is 0.364. The molecule has 0 spiro atoms. The summed E-state index contributed by atoms with van der Waals surface area (Å²) in [7, 11) is 3.53. The SMILES string of the molecule is CC.CC.CC(C)=O.CNC(=O)c1ccccc1.CNc1ccccc1. The Morgan fingerprint density at radius 1 is 0.692 bits per heavy atom. The van der Waals surface area contributed by atoms with Crippen molar-refractivity contribution in [2.45, 2.75) is 41.5 Å². The van der Waals surface area contributed by atoms with E-state index >= 15 is 0 Å². The standard InChI is InChI=1S/C8H9NO.C7H9N.C3H6O.2C2H6/c1-9-8(10)7-5-3-2-4-6-7;1-8-7-5-3-2-4-6-7;1-3(2)4;2*1-2/h2-6H,1H3,(H,9,10);2-6,8H,1H3;1-2H3;2*1-2H3. The van der Waals surface area contributed by atoms with Crippen molar-refractivity contribution in [1.29, 1.82) is 0 Å². The molecule has 4 nitrogen and oxygen atoms in total. The molecule has 1 amide bonds. The minimum atomic E-state index is -0.0411. The van der Waals surface area contributed by atoms with Gasteiger partial charge in [0.1, 0.15) is 5.78 Å². The molecule has 0 radical (unpaired) electrons. The molecule has 0 aliphatic carbocycles. The molecule has 0 heterocycles. The normalized spacial score (nSPS) is 7.54. The molecular weight excluding hydrogens is 324 g/mol. The van der Waals surface area contributed by atoms with Crippen LogP contribution in [0.5, 0.6) is 0 Å². The van der Waals surface area contributed by atoms with E-state index in [0.717, 1.165) is 5.69 Å². The predicted octanol–water partition coefficient (Wildman–Crippen LogP) is 5.42. The second-order valence-electron chi connectivity index (χ2n) is 4.47. The number of rotatable bonds is 2. The highest BCUT2D eigenvalue weighted by atomic mass is 16.1. The van der Waals surface area contributed by atoms with E-state index in [-0.39, 0.29) is 11.7 Å². The Labute approximate surface area is 160 Å². The van der Waals surface area contributed by atoms with Gasteiger partial charge in [0, 0.05) is 25.3 Å². The molecule has 0 aromatic heterocycles. The maximum absolute atomic E-state index is 10.9. The molecule has 0 saturated carbocycles. The molecule has 146 valence electrons. The van der Waals surface area contributed by atoms with Gasteiger partial charge in [-0.05, 0) is 38.1 Å². The maximum Gasteiger partial charge on any atom is 0.251 e. The van der Waals surface area contributed by atoms with E-state index < -0.39 is 0 Å². The van der Waals surface area contributed by atoms with Crippen LogP contribution in [0, 0.1) is 0 Å². The molecule has 26 heavy (non-hydrogen) atoms. The van der Waals surface area contributed by atoms with Crippen molar-refractivity contribution in [2.75, 3.05) is 19.4 Å². The highest BCUT2D eigenvalue weighted by molar-refractivity contribution is 5.93. The van der Waals surface area contributed by atoms with Gasteiger partial charge in [-0.25, -0.2) is 0 Å². The molecule has 0 saturated heterocycles. The van der Waals surface area contributed by atoms with Crippen molar-refractivity contribution in [1.82, 2.24) is 5.32 Å². The largest absolute Gasteiger partial charge is 0.388 e. The van der Waals surface area contributed by atoms with Gasteiger partial charge in [0.25, 0.3) is 5.91 Å². The fourth-order valence-electron chi connectivity index (χ4n) is 1.34. The average Bonchev–Trinajstić information content (AvgIpc) is 2.71. The fourth-order valence-corrected chi connectivity index (χ4v) is 1.34. The summed E-state index contributed by atoms with van der Waals surface area (Å²) in [6.45, 7) is 11.1. The van der Waals surface area contributed by atoms with E-state index in [0.29, 0.717) is 5.56 Å². The lowest BCUT2D eigenvalue weighted by Crippen LogP contribution is -2.17. The molecule has 0 aliphatic rings. The van der Waals surface area contributed by atoms with Crippen molar-refractivity contribution < 1.29 is 9.59 Å². The lowest BCUT2D eigenvalue weighted by molar-refractivity contribution is -0.115. The van der Waals surface area contributed by atoms with E-state index in [1.165, 1.54) is 13.8 Å². The molecular formula is C22H36N2O2. The zero-order valence-corrected chi connectivity index (χ0v) is 17.6.